The van der Waals surface area contributed by atoms with Crippen molar-refractivity contribution in [3.05, 3.63) is 29.8 Å². The van der Waals surface area contributed by atoms with Crippen molar-refractivity contribution in [2.45, 2.75) is 122 Å². The van der Waals surface area contributed by atoms with Crippen LogP contribution in [0.25, 0.3) is 0 Å². The van der Waals surface area contributed by atoms with Gasteiger partial charge in [0.15, 0.2) is 0 Å². The monoisotopic (exact) mass is 570 g/mol. The van der Waals surface area contributed by atoms with E-state index in [-0.39, 0.29) is 24.0 Å². The van der Waals surface area contributed by atoms with Gasteiger partial charge < -0.3 is 21.5 Å². The van der Waals surface area contributed by atoms with E-state index in [4.69, 9.17) is 5.73 Å². The van der Waals surface area contributed by atoms with Crippen LogP contribution in [0, 0.1) is 11.8 Å². The molecule has 0 fully saturated rings. The van der Waals surface area contributed by atoms with Crippen LogP contribution >= 0.6 is 0 Å². The molecule has 41 heavy (non-hydrogen) atoms. The Hall–Kier alpha value is -3.07. The number of Topliss-reactive ketones (excluding diaryl/α,β-unsaturated/α-hetero) is 1. The Labute approximate surface area is 245 Å². The molecule has 2 rings (SSSR count). The second kappa shape index (κ2) is 16.4. The number of aliphatic carboxylic acids is 1. The fourth-order valence-corrected chi connectivity index (χ4v) is 5.37. The molecular formula is C32H50N4O5. The number of nitrogens with two attached hydrogens (primary N) is 1. The molecule has 0 unspecified atom stereocenters. The highest BCUT2D eigenvalue weighted by atomic mass is 16.4. The first-order valence-electron chi connectivity index (χ1n) is 15.2. The number of carbonyl (C=O) groups is 4. The number of rotatable bonds is 19. The molecule has 9 heteroatoms. The quantitative estimate of drug-likeness (QED) is 0.175. The van der Waals surface area contributed by atoms with Gasteiger partial charge in [-0.2, -0.15) is 0 Å². The van der Waals surface area contributed by atoms with Gasteiger partial charge in [0.1, 0.15) is 17.9 Å². The number of aliphatic imine (C=N–C) groups is 1. The molecule has 0 aliphatic carbocycles. The second-order valence-electron chi connectivity index (χ2n) is 12.1. The van der Waals surface area contributed by atoms with Crippen LogP contribution in [0.15, 0.2) is 29.3 Å². The number of hydrogen-bond donors (Lipinski definition) is 4. The predicted molar refractivity (Wildman–Crippen MR) is 162 cm³/mol. The third-order valence-corrected chi connectivity index (χ3v) is 7.76. The number of fused-ring (bicyclic) bond motifs is 1. The molecule has 0 saturated carbocycles. The van der Waals surface area contributed by atoms with Crippen molar-refractivity contribution in [1.29, 1.82) is 0 Å². The lowest BCUT2D eigenvalue weighted by Crippen LogP contribution is -2.56. The smallest absolute Gasteiger partial charge is 0.326 e. The Bertz CT molecular complexity index is 1070. The predicted octanol–water partition coefficient (Wildman–Crippen LogP) is 4.82. The number of amides is 2. The molecule has 5 N–H and O–H groups in total. The third kappa shape index (κ3) is 9.76. The Morgan fingerprint density at radius 1 is 0.927 bits per heavy atom. The van der Waals surface area contributed by atoms with Crippen LogP contribution in [0.1, 0.15) is 104 Å². The first kappa shape index (κ1) is 34.1. The Balaban J connectivity index is 2.16. The van der Waals surface area contributed by atoms with E-state index in [0.29, 0.717) is 18.5 Å². The van der Waals surface area contributed by atoms with Crippen molar-refractivity contribution in [2.24, 2.45) is 22.6 Å². The van der Waals surface area contributed by atoms with Crippen LogP contribution in [0.2, 0.25) is 0 Å². The molecule has 0 radical (unpaired) electrons. The molecular weight excluding hydrogens is 520 g/mol. The summed E-state index contributed by atoms with van der Waals surface area (Å²) in [4.78, 5) is 56.3. The van der Waals surface area contributed by atoms with Gasteiger partial charge >= 0.3 is 5.97 Å². The maximum Gasteiger partial charge on any atom is 0.326 e. The Morgan fingerprint density at radius 2 is 1.56 bits per heavy atom. The van der Waals surface area contributed by atoms with Crippen LogP contribution < -0.4 is 16.4 Å². The second-order valence-corrected chi connectivity index (χ2v) is 12.1. The minimum atomic E-state index is -1.14. The maximum atomic E-state index is 13.7. The van der Waals surface area contributed by atoms with Crippen LogP contribution in [0.3, 0.4) is 0 Å². The average molecular weight is 571 g/mol. The van der Waals surface area contributed by atoms with Gasteiger partial charge in [0, 0.05) is 12.6 Å². The highest BCUT2D eigenvalue weighted by Gasteiger charge is 2.45. The van der Waals surface area contributed by atoms with E-state index < -0.39 is 41.3 Å². The molecule has 0 spiro atoms. The SMILES string of the molecule is CCCCCCCCCC(=O)[C@]1(C[C@H](N)C(=O)N[C@@H](CC(C)C)C(=O)N[C@H](C(=O)O)C(C)C)C=Nc2ccccc21. The van der Waals surface area contributed by atoms with Crippen molar-refractivity contribution in [2.75, 3.05) is 0 Å². The van der Waals surface area contributed by atoms with Crippen molar-refractivity contribution >= 4 is 35.5 Å². The van der Waals surface area contributed by atoms with E-state index >= 15 is 0 Å². The number of benzene rings is 1. The number of ketones is 1. The first-order chi connectivity index (χ1) is 19.4. The summed E-state index contributed by atoms with van der Waals surface area (Å²) in [6.07, 6.45) is 9.95. The van der Waals surface area contributed by atoms with Gasteiger partial charge in [-0.15, -0.1) is 0 Å². The number of para-hydroxylation sites is 1. The number of nitrogens with one attached hydrogen (secondary N) is 2. The van der Waals surface area contributed by atoms with Crippen LogP contribution in [0.4, 0.5) is 5.69 Å². The molecule has 1 heterocycles. The highest BCUT2D eigenvalue weighted by molar-refractivity contribution is 6.10. The zero-order chi connectivity index (χ0) is 30.6. The van der Waals surface area contributed by atoms with Crippen LogP contribution in [-0.2, 0) is 24.6 Å². The number of carboxylic acid groups (broad SMARTS) is 1. The van der Waals surface area contributed by atoms with E-state index in [2.05, 4.69) is 22.5 Å². The number of carbonyl (C=O) groups excluding carboxylic acids is 3. The number of unbranched alkanes of at least 4 members (excludes halogenated alkanes) is 6. The lowest BCUT2D eigenvalue weighted by molar-refractivity contribution is -0.143. The summed E-state index contributed by atoms with van der Waals surface area (Å²) in [5, 5.41) is 14.8. The Kier molecular flexibility index (Phi) is 13.6. The van der Waals surface area contributed by atoms with Crippen molar-refractivity contribution < 1.29 is 24.3 Å². The zero-order valence-electron chi connectivity index (χ0n) is 25.4. The maximum absolute atomic E-state index is 13.7. The summed E-state index contributed by atoms with van der Waals surface area (Å²) >= 11 is 0. The van der Waals surface area contributed by atoms with Gasteiger partial charge in [0.2, 0.25) is 11.8 Å². The van der Waals surface area contributed by atoms with Gasteiger partial charge in [0.25, 0.3) is 0 Å². The number of nitrogens with zero attached hydrogens (tertiary/aromatic N) is 1. The van der Waals surface area contributed by atoms with Gasteiger partial charge in [0.05, 0.1) is 17.1 Å². The van der Waals surface area contributed by atoms with Crippen molar-refractivity contribution in [3.8, 4) is 0 Å². The first-order valence-corrected chi connectivity index (χ1v) is 15.2. The summed E-state index contributed by atoms with van der Waals surface area (Å²) in [6, 6.07) is 4.29. The lowest BCUT2D eigenvalue weighted by Gasteiger charge is -2.30. The molecule has 1 aliphatic heterocycles. The molecule has 1 aromatic carbocycles. The summed E-state index contributed by atoms with van der Waals surface area (Å²) in [5.41, 5.74) is 6.75. The minimum Gasteiger partial charge on any atom is -0.480 e. The topological polar surface area (TPSA) is 151 Å². The molecule has 4 atom stereocenters. The van der Waals surface area contributed by atoms with Crippen LogP contribution in [0.5, 0.6) is 0 Å². The van der Waals surface area contributed by atoms with E-state index in [1.807, 2.05) is 38.1 Å². The summed E-state index contributed by atoms with van der Waals surface area (Å²) in [7, 11) is 0. The molecule has 0 saturated heterocycles. The third-order valence-electron chi connectivity index (χ3n) is 7.76. The van der Waals surface area contributed by atoms with E-state index in [9.17, 15) is 24.3 Å². The lowest BCUT2D eigenvalue weighted by atomic mass is 9.72. The summed E-state index contributed by atoms with van der Waals surface area (Å²) in [6.45, 7) is 9.41. The molecule has 228 valence electrons. The van der Waals surface area contributed by atoms with Gasteiger partial charge in [-0.1, -0.05) is 91.3 Å². The highest BCUT2D eigenvalue weighted by Crippen LogP contribution is 2.41. The molecule has 0 bridgehead atoms. The Morgan fingerprint density at radius 3 is 2.17 bits per heavy atom. The van der Waals surface area contributed by atoms with Gasteiger partial charge in [-0.3, -0.25) is 19.4 Å². The van der Waals surface area contributed by atoms with Crippen LogP contribution in [-0.4, -0.2) is 53.0 Å². The van der Waals surface area contributed by atoms with E-state index in [1.54, 1.807) is 20.1 Å². The largest absolute Gasteiger partial charge is 0.480 e. The molecule has 1 aliphatic rings. The molecule has 9 nitrogen and oxygen atoms in total. The van der Waals surface area contributed by atoms with E-state index in [1.165, 1.54) is 19.3 Å². The zero-order valence-corrected chi connectivity index (χ0v) is 25.4. The van der Waals surface area contributed by atoms with Crippen molar-refractivity contribution in [3.63, 3.8) is 0 Å². The fraction of sp³-hybridized carbons (Fsp3) is 0.656. The number of hydrogen-bond acceptors (Lipinski definition) is 6. The number of carboxylic acids is 1. The van der Waals surface area contributed by atoms with Gasteiger partial charge in [-0.25, -0.2) is 4.79 Å². The normalized spacial score (nSPS) is 18.1. The average Bonchev–Trinajstić information content (AvgIpc) is 3.29. The summed E-state index contributed by atoms with van der Waals surface area (Å²) < 4.78 is 0. The minimum absolute atomic E-state index is 0.0132. The fourth-order valence-electron chi connectivity index (χ4n) is 5.37. The van der Waals surface area contributed by atoms with Gasteiger partial charge in [-0.05, 0) is 42.7 Å². The molecule has 0 aromatic heterocycles. The van der Waals surface area contributed by atoms with Crippen molar-refractivity contribution in [1.82, 2.24) is 10.6 Å². The molecule has 1 aromatic rings. The molecule has 2 amide bonds. The standard InChI is InChI=1S/C32H50N4O5/c1-6-7-8-9-10-11-12-17-27(37)32(20-34-25-16-14-13-15-23(25)32)19-24(33)29(38)35-26(18-21(2)3)30(39)36-28(22(4)5)31(40)41/h13-16,20-22,24,26,28H,6-12,17-19,33H2,1-5H3,(H,35,38)(H,36,39)(H,40,41)/t24-,26-,28-,32+/m0/s1. The summed E-state index contributed by atoms with van der Waals surface area (Å²) in [5.74, 6) is -2.58. The van der Waals surface area contributed by atoms with E-state index in [0.717, 1.165) is 31.2 Å².